The molecule has 0 spiro atoms. The highest BCUT2D eigenvalue weighted by Crippen LogP contribution is 2.25. The fraction of sp³-hybridized carbons (Fsp3) is 0.333. The van der Waals surface area contributed by atoms with Crippen LogP contribution < -0.4 is 5.73 Å². The molecule has 16 heavy (non-hydrogen) atoms. The van der Waals surface area contributed by atoms with E-state index in [-0.39, 0.29) is 18.5 Å². The Labute approximate surface area is 94.8 Å². The van der Waals surface area contributed by atoms with Crippen LogP contribution in [0.1, 0.15) is 18.0 Å². The summed E-state index contributed by atoms with van der Waals surface area (Å²) < 4.78 is 63.3. The van der Waals surface area contributed by atoms with E-state index in [1.165, 1.54) is 0 Å². The summed E-state index contributed by atoms with van der Waals surface area (Å²) in [7, 11) is 0. The smallest absolute Gasteiger partial charge is 0.166 e. The average molecular weight is 262 g/mol. The predicted octanol–water partition coefficient (Wildman–Crippen LogP) is 3.02. The van der Waals surface area contributed by atoms with Gasteiger partial charge in [0.25, 0.3) is 0 Å². The Hall–Kier alpha value is -0.880. The molecule has 0 fully saturated rings. The normalized spacial score (nSPS) is 12.1. The summed E-state index contributed by atoms with van der Waals surface area (Å²) in [6, 6.07) is -1.32. The minimum Gasteiger partial charge on any atom is -0.324 e. The van der Waals surface area contributed by atoms with Crippen LogP contribution in [-0.4, -0.2) is 6.67 Å². The molecule has 2 N–H and O–H groups in total. The van der Waals surface area contributed by atoms with Crippen molar-refractivity contribution >= 4 is 12.4 Å². The summed E-state index contributed by atoms with van der Waals surface area (Å²) >= 11 is 0. The molecule has 0 radical (unpaired) electrons. The Morgan fingerprint density at radius 1 is 1.06 bits per heavy atom. The lowest BCUT2D eigenvalue weighted by molar-refractivity contribution is 0.397. The standard InChI is InChI=1S/C9H8F5N.ClH/c10-2-1-6(15)7-8(13)4(11)3-5(12)9(7)14;/h3,6H,1-2,15H2;1H/t6-;/m1./s1. The molecule has 0 aliphatic heterocycles. The second-order valence-electron chi connectivity index (χ2n) is 2.97. The highest BCUT2D eigenvalue weighted by Gasteiger charge is 2.23. The molecule has 0 saturated carbocycles. The van der Waals surface area contributed by atoms with Crippen molar-refractivity contribution in [2.24, 2.45) is 5.73 Å². The number of rotatable bonds is 3. The zero-order valence-electron chi connectivity index (χ0n) is 7.94. The van der Waals surface area contributed by atoms with Crippen LogP contribution in [0.2, 0.25) is 0 Å². The van der Waals surface area contributed by atoms with Gasteiger partial charge >= 0.3 is 0 Å². The zero-order valence-corrected chi connectivity index (χ0v) is 8.76. The highest BCUT2D eigenvalue weighted by molar-refractivity contribution is 5.85. The number of hydrogen-bond donors (Lipinski definition) is 1. The minimum atomic E-state index is -1.57. The number of halogens is 6. The second-order valence-corrected chi connectivity index (χ2v) is 2.97. The van der Waals surface area contributed by atoms with Gasteiger partial charge < -0.3 is 5.73 Å². The molecule has 0 aromatic heterocycles. The van der Waals surface area contributed by atoms with Crippen LogP contribution in [0, 0.1) is 23.3 Å². The van der Waals surface area contributed by atoms with E-state index < -0.39 is 48.0 Å². The SMILES string of the molecule is Cl.N[C@H](CCF)c1c(F)c(F)cc(F)c1F. The van der Waals surface area contributed by atoms with Crippen molar-refractivity contribution in [1.29, 1.82) is 0 Å². The summed E-state index contributed by atoms with van der Waals surface area (Å²) in [6.45, 7) is -0.932. The summed E-state index contributed by atoms with van der Waals surface area (Å²) in [4.78, 5) is 0. The summed E-state index contributed by atoms with van der Waals surface area (Å²) in [6.07, 6.45) is -0.406. The number of alkyl halides is 1. The second kappa shape index (κ2) is 6.00. The molecule has 0 amide bonds. The van der Waals surface area contributed by atoms with E-state index in [1.54, 1.807) is 0 Å². The molecule has 7 heteroatoms. The maximum absolute atomic E-state index is 13.0. The van der Waals surface area contributed by atoms with E-state index in [1.807, 2.05) is 0 Å². The first kappa shape index (κ1) is 15.1. The van der Waals surface area contributed by atoms with Gasteiger partial charge in [-0.25, -0.2) is 17.6 Å². The van der Waals surface area contributed by atoms with Gasteiger partial charge in [-0.05, 0) is 6.42 Å². The monoisotopic (exact) mass is 261 g/mol. The molecular weight excluding hydrogens is 253 g/mol. The van der Waals surface area contributed by atoms with E-state index in [9.17, 15) is 22.0 Å². The van der Waals surface area contributed by atoms with Crippen LogP contribution in [0.25, 0.3) is 0 Å². The third-order valence-corrected chi connectivity index (χ3v) is 1.94. The van der Waals surface area contributed by atoms with Crippen molar-refractivity contribution in [1.82, 2.24) is 0 Å². The minimum absolute atomic E-state index is 0. The fourth-order valence-electron chi connectivity index (χ4n) is 1.18. The van der Waals surface area contributed by atoms with Crippen LogP contribution in [0.15, 0.2) is 6.07 Å². The molecule has 0 unspecified atom stereocenters. The van der Waals surface area contributed by atoms with Gasteiger partial charge in [0.1, 0.15) is 0 Å². The van der Waals surface area contributed by atoms with Crippen LogP contribution in [0.3, 0.4) is 0 Å². The predicted molar refractivity (Wildman–Crippen MR) is 51.0 cm³/mol. The number of hydrogen-bond acceptors (Lipinski definition) is 1. The van der Waals surface area contributed by atoms with Gasteiger partial charge in [-0.3, -0.25) is 4.39 Å². The van der Waals surface area contributed by atoms with Gasteiger partial charge in [0.05, 0.1) is 6.67 Å². The van der Waals surface area contributed by atoms with E-state index in [0.29, 0.717) is 0 Å². The lowest BCUT2D eigenvalue weighted by Crippen LogP contribution is -2.17. The van der Waals surface area contributed by atoms with Crippen LogP contribution in [0.5, 0.6) is 0 Å². The Morgan fingerprint density at radius 3 is 1.88 bits per heavy atom. The van der Waals surface area contributed by atoms with Crippen molar-refractivity contribution in [2.45, 2.75) is 12.5 Å². The molecule has 0 heterocycles. The quantitative estimate of drug-likeness (QED) is 0.657. The molecule has 0 bridgehead atoms. The van der Waals surface area contributed by atoms with Gasteiger partial charge in [-0.15, -0.1) is 12.4 Å². The van der Waals surface area contributed by atoms with Gasteiger partial charge in [-0.1, -0.05) is 0 Å². The maximum atomic E-state index is 13.0. The molecule has 1 aromatic rings. The number of benzene rings is 1. The lowest BCUT2D eigenvalue weighted by Gasteiger charge is -2.12. The van der Waals surface area contributed by atoms with Crippen molar-refractivity contribution in [3.05, 3.63) is 34.9 Å². The molecule has 0 aliphatic carbocycles. The van der Waals surface area contributed by atoms with Crippen molar-refractivity contribution in [3.8, 4) is 0 Å². The van der Waals surface area contributed by atoms with E-state index in [4.69, 9.17) is 5.73 Å². The van der Waals surface area contributed by atoms with E-state index in [0.717, 1.165) is 0 Å². The van der Waals surface area contributed by atoms with Crippen LogP contribution in [0.4, 0.5) is 22.0 Å². The highest BCUT2D eigenvalue weighted by atomic mass is 35.5. The molecule has 0 aliphatic rings. The summed E-state index contributed by atoms with van der Waals surface area (Å²) in [5.74, 6) is -6.24. The van der Waals surface area contributed by atoms with Gasteiger partial charge in [0.2, 0.25) is 0 Å². The Kier molecular flexibility index (Phi) is 5.67. The topological polar surface area (TPSA) is 26.0 Å². The van der Waals surface area contributed by atoms with E-state index >= 15 is 0 Å². The first-order chi connectivity index (χ1) is 6.99. The maximum Gasteiger partial charge on any atom is 0.166 e. The summed E-state index contributed by atoms with van der Waals surface area (Å²) in [5, 5.41) is 0. The Bertz CT molecular complexity index is 345. The lowest BCUT2D eigenvalue weighted by atomic mass is 10.0. The molecule has 1 nitrogen and oxygen atoms in total. The molecule has 1 aromatic carbocycles. The zero-order chi connectivity index (χ0) is 11.6. The molecular formula is C9H9ClF5N. The summed E-state index contributed by atoms with van der Waals surface area (Å²) in [5.41, 5.74) is 4.24. The van der Waals surface area contributed by atoms with Crippen molar-refractivity contribution in [2.75, 3.05) is 6.67 Å². The average Bonchev–Trinajstić information content (AvgIpc) is 2.16. The van der Waals surface area contributed by atoms with E-state index in [2.05, 4.69) is 0 Å². The third-order valence-electron chi connectivity index (χ3n) is 1.94. The van der Waals surface area contributed by atoms with Crippen molar-refractivity contribution in [3.63, 3.8) is 0 Å². The Balaban J connectivity index is 0.00000225. The largest absolute Gasteiger partial charge is 0.324 e. The molecule has 1 atom stereocenters. The van der Waals surface area contributed by atoms with Gasteiger partial charge in [0.15, 0.2) is 23.3 Å². The number of nitrogens with two attached hydrogens (primary N) is 1. The Morgan fingerprint density at radius 2 is 1.50 bits per heavy atom. The fourth-order valence-corrected chi connectivity index (χ4v) is 1.18. The molecule has 1 rings (SSSR count). The van der Waals surface area contributed by atoms with Crippen LogP contribution in [-0.2, 0) is 0 Å². The molecule has 0 saturated heterocycles. The van der Waals surface area contributed by atoms with Crippen molar-refractivity contribution < 1.29 is 22.0 Å². The van der Waals surface area contributed by atoms with Gasteiger partial charge in [-0.2, -0.15) is 0 Å². The van der Waals surface area contributed by atoms with Crippen LogP contribution >= 0.6 is 12.4 Å². The molecule has 92 valence electrons. The first-order valence-electron chi connectivity index (χ1n) is 4.13. The first-order valence-corrected chi connectivity index (χ1v) is 4.13. The van der Waals surface area contributed by atoms with Gasteiger partial charge in [0, 0.05) is 17.7 Å². The third kappa shape index (κ3) is 2.82.